The molecule has 0 rings (SSSR count). The van der Waals surface area contributed by atoms with Crippen molar-refractivity contribution in [2.24, 2.45) is 5.92 Å². The van der Waals surface area contributed by atoms with Crippen molar-refractivity contribution in [2.75, 3.05) is 6.61 Å². The van der Waals surface area contributed by atoms with Crippen LogP contribution in [-0.2, 0) is 4.79 Å². The predicted molar refractivity (Wildman–Crippen MR) is 48.7 cm³/mol. The van der Waals surface area contributed by atoms with Crippen LogP contribution in [0.3, 0.4) is 0 Å². The van der Waals surface area contributed by atoms with E-state index in [1.165, 1.54) is 6.08 Å². The Balaban J connectivity index is 4.20. The fraction of sp³-hybridized carbons (Fsp3) is 0.667. The van der Waals surface area contributed by atoms with Crippen LogP contribution in [0.1, 0.15) is 20.8 Å². The normalized spacial score (nSPS) is 13.7. The van der Waals surface area contributed by atoms with Gasteiger partial charge in [-0.05, 0) is 19.9 Å². The Hall–Kier alpha value is -0.830. The molecule has 0 aliphatic carbocycles. The van der Waals surface area contributed by atoms with E-state index in [-0.39, 0.29) is 24.0 Å². The zero-order valence-corrected chi connectivity index (χ0v) is 7.92. The average molecular weight is 171 g/mol. The van der Waals surface area contributed by atoms with Crippen molar-refractivity contribution >= 4 is 5.91 Å². The van der Waals surface area contributed by atoms with E-state index in [1.807, 2.05) is 20.8 Å². The van der Waals surface area contributed by atoms with Crippen LogP contribution in [0, 0.1) is 5.92 Å². The van der Waals surface area contributed by atoms with E-state index in [0.29, 0.717) is 0 Å². The first-order valence-corrected chi connectivity index (χ1v) is 3.99. The smallest absolute Gasteiger partial charge is 0.243 e. The number of nitrogens with one attached hydrogen (secondary N) is 1. The summed E-state index contributed by atoms with van der Waals surface area (Å²) in [7, 11) is 0. The van der Waals surface area contributed by atoms with E-state index in [2.05, 4.69) is 11.9 Å². The van der Waals surface area contributed by atoms with Crippen LogP contribution >= 0.6 is 0 Å². The molecule has 0 radical (unpaired) electrons. The summed E-state index contributed by atoms with van der Waals surface area (Å²) in [6, 6.07) is 0. The van der Waals surface area contributed by atoms with Crippen molar-refractivity contribution in [3.8, 4) is 0 Å². The third kappa shape index (κ3) is 3.05. The number of carbonyl (C=O) groups excluding carboxylic acids is 1. The molecule has 1 amide bonds. The SMILES string of the molecule is C=CC(=O)NC(C)(C)C(C)CO. The van der Waals surface area contributed by atoms with Gasteiger partial charge in [0.05, 0.1) is 0 Å². The molecule has 12 heavy (non-hydrogen) atoms. The molecule has 0 heterocycles. The summed E-state index contributed by atoms with van der Waals surface area (Å²) in [4.78, 5) is 10.9. The predicted octanol–water partition coefficient (Wildman–Crippen LogP) is 0.696. The Morgan fingerprint density at radius 2 is 2.25 bits per heavy atom. The highest BCUT2D eigenvalue weighted by Gasteiger charge is 2.25. The van der Waals surface area contributed by atoms with Crippen LogP contribution in [0.4, 0.5) is 0 Å². The van der Waals surface area contributed by atoms with Gasteiger partial charge in [-0.25, -0.2) is 0 Å². The minimum Gasteiger partial charge on any atom is -0.396 e. The number of amides is 1. The van der Waals surface area contributed by atoms with Gasteiger partial charge in [0.25, 0.3) is 0 Å². The summed E-state index contributed by atoms with van der Waals surface area (Å²) in [6.45, 7) is 9.03. The molecule has 0 saturated heterocycles. The Morgan fingerprint density at radius 1 is 1.75 bits per heavy atom. The third-order valence-electron chi connectivity index (χ3n) is 2.14. The second-order valence-corrected chi connectivity index (χ2v) is 3.50. The van der Waals surface area contributed by atoms with Gasteiger partial charge in [-0.3, -0.25) is 4.79 Å². The Kier molecular flexibility index (Phi) is 3.96. The van der Waals surface area contributed by atoms with Crippen molar-refractivity contribution in [1.82, 2.24) is 5.32 Å². The minimum absolute atomic E-state index is 0.0291. The number of hydrogen-bond donors (Lipinski definition) is 2. The lowest BCUT2D eigenvalue weighted by atomic mass is 9.89. The molecule has 0 aliphatic heterocycles. The van der Waals surface area contributed by atoms with E-state index in [1.54, 1.807) is 0 Å². The van der Waals surface area contributed by atoms with Crippen molar-refractivity contribution in [1.29, 1.82) is 0 Å². The summed E-state index contributed by atoms with van der Waals surface area (Å²) >= 11 is 0. The van der Waals surface area contributed by atoms with E-state index < -0.39 is 0 Å². The van der Waals surface area contributed by atoms with Crippen LogP contribution < -0.4 is 5.32 Å². The molecule has 2 N–H and O–H groups in total. The lowest BCUT2D eigenvalue weighted by Crippen LogP contribution is -2.48. The largest absolute Gasteiger partial charge is 0.396 e. The van der Waals surface area contributed by atoms with Gasteiger partial charge < -0.3 is 10.4 Å². The molecule has 0 aliphatic rings. The minimum atomic E-state index is -0.389. The zero-order valence-electron chi connectivity index (χ0n) is 7.92. The van der Waals surface area contributed by atoms with Gasteiger partial charge in [0.15, 0.2) is 0 Å². The average Bonchev–Trinajstić information content (AvgIpc) is 2.02. The number of aliphatic hydroxyl groups excluding tert-OH is 1. The van der Waals surface area contributed by atoms with Gasteiger partial charge in [0.2, 0.25) is 5.91 Å². The van der Waals surface area contributed by atoms with E-state index in [4.69, 9.17) is 5.11 Å². The molecule has 0 bridgehead atoms. The second-order valence-electron chi connectivity index (χ2n) is 3.50. The monoisotopic (exact) mass is 171 g/mol. The van der Waals surface area contributed by atoms with Gasteiger partial charge in [0, 0.05) is 18.1 Å². The van der Waals surface area contributed by atoms with Gasteiger partial charge >= 0.3 is 0 Å². The van der Waals surface area contributed by atoms with Gasteiger partial charge in [-0.15, -0.1) is 0 Å². The van der Waals surface area contributed by atoms with Crippen molar-refractivity contribution in [3.63, 3.8) is 0 Å². The topological polar surface area (TPSA) is 49.3 Å². The van der Waals surface area contributed by atoms with E-state index in [9.17, 15) is 4.79 Å². The molecule has 0 aromatic heterocycles. The number of aliphatic hydroxyl groups is 1. The number of hydrogen-bond acceptors (Lipinski definition) is 2. The molecule has 0 aromatic rings. The number of rotatable bonds is 4. The Labute approximate surface area is 73.5 Å². The summed E-state index contributed by atoms with van der Waals surface area (Å²) in [5.74, 6) is -0.179. The lowest BCUT2D eigenvalue weighted by Gasteiger charge is -2.31. The van der Waals surface area contributed by atoms with E-state index >= 15 is 0 Å². The van der Waals surface area contributed by atoms with E-state index in [0.717, 1.165) is 0 Å². The first-order valence-electron chi connectivity index (χ1n) is 3.99. The van der Waals surface area contributed by atoms with Gasteiger partial charge in [-0.1, -0.05) is 13.5 Å². The molecule has 0 spiro atoms. The molecular weight excluding hydrogens is 154 g/mol. The van der Waals surface area contributed by atoms with Crippen LogP contribution in [0.25, 0.3) is 0 Å². The Bertz CT molecular complexity index is 175. The first-order chi connectivity index (χ1) is 5.44. The Morgan fingerprint density at radius 3 is 2.58 bits per heavy atom. The van der Waals surface area contributed by atoms with Crippen LogP contribution in [0.2, 0.25) is 0 Å². The van der Waals surface area contributed by atoms with Gasteiger partial charge in [-0.2, -0.15) is 0 Å². The molecule has 70 valence electrons. The maximum Gasteiger partial charge on any atom is 0.243 e. The molecule has 1 atom stereocenters. The van der Waals surface area contributed by atoms with Crippen molar-refractivity contribution in [3.05, 3.63) is 12.7 Å². The highest BCUT2D eigenvalue weighted by molar-refractivity contribution is 5.87. The highest BCUT2D eigenvalue weighted by Crippen LogP contribution is 2.14. The van der Waals surface area contributed by atoms with Crippen molar-refractivity contribution < 1.29 is 9.90 Å². The third-order valence-corrected chi connectivity index (χ3v) is 2.14. The first kappa shape index (κ1) is 11.2. The molecule has 0 fully saturated rings. The van der Waals surface area contributed by atoms with Crippen LogP contribution in [0.15, 0.2) is 12.7 Å². The standard InChI is InChI=1S/C9H17NO2/c1-5-8(12)10-9(3,4)7(2)6-11/h5,7,11H,1,6H2,2-4H3,(H,10,12). The number of carbonyl (C=O) groups is 1. The summed E-state index contributed by atoms with van der Waals surface area (Å²) in [5, 5.41) is 11.6. The molecule has 1 unspecified atom stereocenters. The second kappa shape index (κ2) is 4.26. The summed E-state index contributed by atoms with van der Waals surface area (Å²) in [6.07, 6.45) is 1.23. The highest BCUT2D eigenvalue weighted by atomic mass is 16.3. The molecular formula is C9H17NO2. The lowest BCUT2D eigenvalue weighted by molar-refractivity contribution is -0.118. The summed E-state index contributed by atoms with van der Waals surface area (Å²) in [5.41, 5.74) is -0.389. The van der Waals surface area contributed by atoms with Crippen LogP contribution in [-0.4, -0.2) is 23.2 Å². The van der Waals surface area contributed by atoms with Gasteiger partial charge in [0.1, 0.15) is 0 Å². The van der Waals surface area contributed by atoms with Crippen molar-refractivity contribution in [2.45, 2.75) is 26.3 Å². The molecule has 0 aromatic carbocycles. The zero-order chi connectivity index (χ0) is 9.78. The molecule has 3 nitrogen and oxygen atoms in total. The fourth-order valence-electron chi connectivity index (χ4n) is 0.720. The molecule has 0 saturated carbocycles. The fourth-order valence-corrected chi connectivity index (χ4v) is 0.720. The molecule has 3 heteroatoms. The van der Waals surface area contributed by atoms with Crippen LogP contribution in [0.5, 0.6) is 0 Å². The quantitative estimate of drug-likeness (QED) is 0.612. The maximum absolute atomic E-state index is 10.9. The summed E-state index contributed by atoms with van der Waals surface area (Å²) < 4.78 is 0. The maximum atomic E-state index is 10.9.